The van der Waals surface area contributed by atoms with Crippen molar-refractivity contribution in [3.05, 3.63) is 0 Å². The molecule has 7 heteroatoms. The molecule has 3 fully saturated rings. The maximum absolute atomic E-state index is 12.4. The third kappa shape index (κ3) is 2.33. The fourth-order valence-electron chi connectivity index (χ4n) is 4.28. The first-order chi connectivity index (χ1) is 10.4. The van der Waals surface area contributed by atoms with Gasteiger partial charge in [0.05, 0.1) is 10.2 Å². The lowest BCUT2D eigenvalue weighted by Crippen LogP contribution is -2.53. The van der Waals surface area contributed by atoms with Crippen LogP contribution in [0, 0.1) is 11.3 Å². The molecule has 0 aromatic carbocycles. The smallest absolute Gasteiger partial charge is 0.317 e. The number of carbonyl (C=O) groups excluding carboxylic acids is 1. The van der Waals surface area contributed by atoms with E-state index in [0.717, 1.165) is 32.1 Å². The number of carboxylic acid groups (broad SMARTS) is 1. The van der Waals surface area contributed by atoms with Gasteiger partial charge in [-0.15, -0.1) is 0 Å². The van der Waals surface area contributed by atoms with Gasteiger partial charge in [-0.1, -0.05) is 12.8 Å². The van der Waals surface area contributed by atoms with Gasteiger partial charge in [-0.2, -0.15) is 0 Å². The minimum Gasteiger partial charge on any atom is -0.481 e. The average Bonchev–Trinajstić information content (AvgIpc) is 2.93. The van der Waals surface area contributed by atoms with Crippen LogP contribution >= 0.6 is 0 Å². The predicted molar refractivity (Wildman–Crippen MR) is 83.0 cm³/mol. The van der Waals surface area contributed by atoms with E-state index in [-0.39, 0.29) is 16.7 Å². The van der Waals surface area contributed by atoms with Crippen LogP contribution in [0.5, 0.6) is 0 Å². The Morgan fingerprint density at radius 1 is 1.32 bits per heavy atom. The Balaban J connectivity index is 1.60. The highest BCUT2D eigenvalue weighted by Crippen LogP contribution is 2.48. The number of fused-ring (bicyclic) bond motifs is 1. The summed E-state index contributed by atoms with van der Waals surface area (Å²) in [5.74, 6) is -0.691. The van der Waals surface area contributed by atoms with Crippen LogP contribution < -0.4 is 5.32 Å². The molecule has 1 saturated heterocycles. The molecule has 3 atom stereocenters. The fourth-order valence-corrected chi connectivity index (χ4v) is 5.42. The van der Waals surface area contributed by atoms with Gasteiger partial charge in [-0.05, 0) is 31.6 Å². The first-order valence-corrected chi connectivity index (χ1v) is 9.55. The van der Waals surface area contributed by atoms with Gasteiger partial charge >= 0.3 is 12.0 Å². The molecule has 0 bridgehead atoms. The van der Waals surface area contributed by atoms with Crippen LogP contribution in [0.3, 0.4) is 0 Å². The Kier molecular flexibility index (Phi) is 3.95. The number of hydrogen-bond acceptors (Lipinski definition) is 3. The van der Waals surface area contributed by atoms with E-state index in [1.54, 1.807) is 11.2 Å². The van der Waals surface area contributed by atoms with Gasteiger partial charge in [0, 0.05) is 36.7 Å². The van der Waals surface area contributed by atoms with E-state index in [2.05, 4.69) is 5.32 Å². The lowest BCUT2D eigenvalue weighted by molar-refractivity contribution is -0.149. The van der Waals surface area contributed by atoms with Crippen molar-refractivity contribution >= 4 is 22.8 Å². The zero-order valence-corrected chi connectivity index (χ0v) is 13.8. The van der Waals surface area contributed by atoms with Gasteiger partial charge in [0.25, 0.3) is 0 Å². The van der Waals surface area contributed by atoms with Gasteiger partial charge in [-0.25, -0.2) is 4.79 Å². The van der Waals surface area contributed by atoms with Gasteiger partial charge in [0.1, 0.15) is 0 Å². The number of urea groups is 1. The molecular weight excluding hydrogens is 304 g/mol. The monoisotopic (exact) mass is 328 g/mol. The summed E-state index contributed by atoms with van der Waals surface area (Å²) < 4.78 is 11.6. The van der Waals surface area contributed by atoms with Crippen molar-refractivity contribution in [3.8, 4) is 0 Å². The SMILES string of the molecule is CS(=O)C1(CNC(=O)N2C[C@@H]3CCC[C@@]3(C(=O)O)C2)CCC1. The molecule has 1 unspecified atom stereocenters. The summed E-state index contributed by atoms with van der Waals surface area (Å²) in [5, 5.41) is 12.4. The summed E-state index contributed by atoms with van der Waals surface area (Å²) in [4.78, 5) is 25.7. The molecule has 0 aromatic heterocycles. The zero-order valence-electron chi connectivity index (χ0n) is 13.0. The Morgan fingerprint density at radius 3 is 2.55 bits per heavy atom. The topological polar surface area (TPSA) is 86.7 Å². The highest BCUT2D eigenvalue weighted by atomic mass is 32.2. The molecule has 0 radical (unpaired) electrons. The molecule has 1 aliphatic heterocycles. The van der Waals surface area contributed by atoms with Crippen molar-refractivity contribution in [2.24, 2.45) is 11.3 Å². The number of carboxylic acids is 1. The molecule has 22 heavy (non-hydrogen) atoms. The van der Waals surface area contributed by atoms with Gasteiger partial charge in [-0.3, -0.25) is 9.00 Å². The quantitative estimate of drug-likeness (QED) is 0.811. The molecule has 6 nitrogen and oxygen atoms in total. The van der Waals surface area contributed by atoms with Crippen LogP contribution in [0.1, 0.15) is 38.5 Å². The minimum atomic E-state index is -0.947. The van der Waals surface area contributed by atoms with Crippen molar-refractivity contribution in [3.63, 3.8) is 0 Å². The first-order valence-electron chi connectivity index (χ1n) is 7.99. The lowest BCUT2D eigenvalue weighted by Gasteiger charge is -2.40. The number of nitrogens with zero attached hydrogens (tertiary/aromatic N) is 1. The van der Waals surface area contributed by atoms with Gasteiger partial charge in [0.2, 0.25) is 0 Å². The second-order valence-electron chi connectivity index (χ2n) is 7.08. The zero-order chi connectivity index (χ0) is 16.0. The number of rotatable bonds is 4. The van der Waals surface area contributed by atoms with Crippen LogP contribution in [0.25, 0.3) is 0 Å². The summed E-state index contributed by atoms with van der Waals surface area (Å²) in [6, 6.07) is -0.202. The standard InChI is InChI=1S/C15H24N2O4S/c1-22(21)14(5-3-6-14)9-16-13(20)17-8-11-4-2-7-15(11,10-17)12(18)19/h11H,2-10H2,1H3,(H,16,20)(H,18,19)/t11-,15+,22?/m0/s1. The van der Waals surface area contributed by atoms with E-state index in [1.165, 1.54) is 0 Å². The van der Waals surface area contributed by atoms with Crippen LogP contribution in [0.15, 0.2) is 0 Å². The molecule has 2 saturated carbocycles. The molecule has 0 spiro atoms. The summed E-state index contributed by atoms with van der Waals surface area (Å²) in [7, 11) is -0.947. The van der Waals surface area contributed by atoms with E-state index in [4.69, 9.17) is 0 Å². The lowest BCUT2D eigenvalue weighted by atomic mass is 9.81. The number of nitrogens with one attached hydrogen (secondary N) is 1. The third-order valence-corrected chi connectivity index (χ3v) is 7.79. The normalized spacial score (nSPS) is 33.9. The van der Waals surface area contributed by atoms with E-state index in [0.29, 0.717) is 26.1 Å². The second-order valence-corrected chi connectivity index (χ2v) is 8.85. The Labute approximate surface area is 133 Å². The molecule has 2 amide bonds. The van der Waals surface area contributed by atoms with E-state index >= 15 is 0 Å². The summed E-state index contributed by atoms with van der Waals surface area (Å²) in [5.41, 5.74) is -0.737. The molecule has 3 rings (SSSR count). The molecular formula is C15H24N2O4S. The highest BCUT2D eigenvalue weighted by Gasteiger charge is 2.56. The second kappa shape index (κ2) is 5.51. The Bertz CT molecular complexity index is 520. The average molecular weight is 328 g/mol. The number of likely N-dealkylation sites (tertiary alicyclic amines) is 1. The molecule has 2 aliphatic carbocycles. The van der Waals surface area contributed by atoms with E-state index < -0.39 is 22.2 Å². The van der Waals surface area contributed by atoms with Crippen molar-refractivity contribution in [1.82, 2.24) is 10.2 Å². The fraction of sp³-hybridized carbons (Fsp3) is 0.867. The molecule has 2 N–H and O–H groups in total. The predicted octanol–water partition coefficient (Wildman–Crippen LogP) is 1.18. The molecule has 124 valence electrons. The van der Waals surface area contributed by atoms with Crippen LogP contribution in [-0.2, 0) is 15.6 Å². The number of carbonyl (C=O) groups is 2. The maximum Gasteiger partial charge on any atom is 0.317 e. The molecule has 0 aromatic rings. The van der Waals surface area contributed by atoms with E-state index in [9.17, 15) is 18.9 Å². The summed E-state index contributed by atoms with van der Waals surface area (Å²) in [6.45, 7) is 1.26. The van der Waals surface area contributed by atoms with Crippen molar-refractivity contribution in [1.29, 1.82) is 0 Å². The first kappa shape index (κ1) is 15.8. The van der Waals surface area contributed by atoms with Gasteiger partial charge < -0.3 is 15.3 Å². The number of aliphatic carboxylic acids is 1. The van der Waals surface area contributed by atoms with Crippen molar-refractivity contribution in [2.45, 2.75) is 43.3 Å². The summed E-state index contributed by atoms with van der Waals surface area (Å²) in [6.07, 6.45) is 7.02. The Morgan fingerprint density at radius 2 is 2.05 bits per heavy atom. The van der Waals surface area contributed by atoms with Crippen molar-refractivity contribution < 1.29 is 18.9 Å². The Hall–Kier alpha value is -1.11. The number of amides is 2. The number of hydrogen-bond donors (Lipinski definition) is 2. The maximum atomic E-state index is 12.4. The van der Waals surface area contributed by atoms with E-state index in [1.807, 2.05) is 0 Å². The van der Waals surface area contributed by atoms with Crippen molar-refractivity contribution in [2.75, 3.05) is 25.9 Å². The third-order valence-electron chi connectivity index (χ3n) is 6.02. The largest absolute Gasteiger partial charge is 0.481 e. The minimum absolute atomic E-state index is 0.0775. The summed E-state index contributed by atoms with van der Waals surface area (Å²) >= 11 is 0. The molecule has 3 aliphatic rings. The van der Waals surface area contributed by atoms with Crippen LogP contribution in [-0.4, -0.2) is 56.9 Å². The van der Waals surface area contributed by atoms with Crippen LogP contribution in [0.2, 0.25) is 0 Å². The molecule has 1 heterocycles. The van der Waals surface area contributed by atoms with Gasteiger partial charge in [0.15, 0.2) is 0 Å². The van der Waals surface area contributed by atoms with Crippen LogP contribution in [0.4, 0.5) is 4.79 Å². The highest BCUT2D eigenvalue weighted by molar-refractivity contribution is 7.85.